The van der Waals surface area contributed by atoms with E-state index in [1.54, 1.807) is 30.3 Å². The molecule has 4 rings (SSSR count). The minimum atomic E-state index is -4.58. The van der Waals surface area contributed by atoms with Crippen molar-refractivity contribution in [3.8, 4) is 23.3 Å². The number of carbonyl (C=O) groups excluding carboxylic acids is 1. The van der Waals surface area contributed by atoms with E-state index < -0.39 is 17.6 Å². The standard InChI is InChI=1S/C33H26ClF3N2O4/c1-2-41-31-15-23(11-13-30(31)43-20-22-7-4-3-5-8-22)21-42-29-14-12-27(34)17-24(29)16-25(19-38)32(40)39-28-10-6-9-26(18-28)33(35,36)37/h3-18H,2,20-21H2,1H3,(H,39,40)/b25-16+. The number of anilines is 1. The molecular formula is C33H26ClF3N2O4. The number of nitrogens with zero attached hydrogens (tertiary/aromatic N) is 1. The smallest absolute Gasteiger partial charge is 0.416 e. The summed E-state index contributed by atoms with van der Waals surface area (Å²) in [7, 11) is 0. The van der Waals surface area contributed by atoms with Crippen molar-refractivity contribution in [2.75, 3.05) is 11.9 Å². The number of alkyl halides is 3. The van der Waals surface area contributed by atoms with Crippen molar-refractivity contribution in [2.24, 2.45) is 0 Å². The third-order valence-electron chi connectivity index (χ3n) is 6.02. The van der Waals surface area contributed by atoms with Gasteiger partial charge in [0, 0.05) is 16.3 Å². The lowest BCUT2D eigenvalue weighted by Crippen LogP contribution is -2.14. The predicted octanol–water partition coefficient (Wildman–Crippen LogP) is 8.46. The Bertz CT molecular complexity index is 1650. The minimum absolute atomic E-state index is 0.107. The van der Waals surface area contributed by atoms with Crippen LogP contribution in [0.15, 0.2) is 96.6 Å². The number of carbonyl (C=O) groups is 1. The van der Waals surface area contributed by atoms with Crippen molar-refractivity contribution >= 4 is 29.3 Å². The van der Waals surface area contributed by atoms with Gasteiger partial charge < -0.3 is 19.5 Å². The number of ether oxygens (including phenoxy) is 3. The lowest BCUT2D eigenvalue weighted by atomic mass is 10.1. The highest BCUT2D eigenvalue weighted by Crippen LogP contribution is 2.32. The van der Waals surface area contributed by atoms with Gasteiger partial charge >= 0.3 is 6.18 Å². The molecule has 4 aromatic rings. The van der Waals surface area contributed by atoms with Gasteiger partial charge in [-0.3, -0.25) is 4.79 Å². The predicted molar refractivity (Wildman–Crippen MR) is 158 cm³/mol. The van der Waals surface area contributed by atoms with Crippen LogP contribution in [0.25, 0.3) is 6.08 Å². The number of rotatable bonds is 11. The van der Waals surface area contributed by atoms with E-state index in [0.717, 1.165) is 29.3 Å². The van der Waals surface area contributed by atoms with Gasteiger partial charge in [0.1, 0.15) is 30.6 Å². The third kappa shape index (κ3) is 8.77. The molecular weight excluding hydrogens is 581 g/mol. The van der Waals surface area contributed by atoms with E-state index in [1.165, 1.54) is 18.2 Å². The first-order chi connectivity index (χ1) is 20.7. The van der Waals surface area contributed by atoms with Crippen LogP contribution in [-0.2, 0) is 24.2 Å². The summed E-state index contributed by atoms with van der Waals surface area (Å²) in [5, 5.41) is 12.3. The molecule has 0 aromatic heterocycles. The van der Waals surface area contributed by atoms with Crippen LogP contribution in [0.1, 0.15) is 29.2 Å². The highest BCUT2D eigenvalue weighted by atomic mass is 35.5. The van der Waals surface area contributed by atoms with Gasteiger partial charge in [-0.15, -0.1) is 0 Å². The van der Waals surface area contributed by atoms with Crippen LogP contribution < -0.4 is 19.5 Å². The SMILES string of the molecule is CCOc1cc(COc2ccc(Cl)cc2/C=C(\C#N)C(=O)Nc2cccc(C(F)(F)F)c2)ccc1OCc1ccccc1. The maximum absolute atomic E-state index is 13.1. The van der Waals surface area contributed by atoms with Crippen LogP contribution in [0.3, 0.4) is 0 Å². The van der Waals surface area contributed by atoms with Gasteiger partial charge in [-0.05, 0) is 72.7 Å². The molecule has 0 aliphatic heterocycles. The Balaban J connectivity index is 1.50. The molecule has 0 radical (unpaired) electrons. The molecule has 4 aromatic carbocycles. The number of nitrogens with one attached hydrogen (secondary N) is 1. The second-order valence-electron chi connectivity index (χ2n) is 9.16. The van der Waals surface area contributed by atoms with Crippen molar-refractivity contribution in [3.05, 3.63) is 124 Å². The lowest BCUT2D eigenvalue weighted by Gasteiger charge is -2.15. The van der Waals surface area contributed by atoms with Gasteiger partial charge in [0.25, 0.3) is 5.91 Å². The zero-order valence-corrected chi connectivity index (χ0v) is 23.7. The second kappa shape index (κ2) is 14.3. The topological polar surface area (TPSA) is 80.6 Å². The Labute approximate surface area is 251 Å². The van der Waals surface area contributed by atoms with Gasteiger partial charge in [0.05, 0.1) is 12.2 Å². The largest absolute Gasteiger partial charge is 0.490 e. The zero-order valence-electron chi connectivity index (χ0n) is 23.0. The molecule has 0 spiro atoms. The maximum Gasteiger partial charge on any atom is 0.416 e. The van der Waals surface area contributed by atoms with Gasteiger partial charge in [-0.2, -0.15) is 18.4 Å². The normalized spacial score (nSPS) is 11.4. The summed E-state index contributed by atoms with van der Waals surface area (Å²) in [6.07, 6.45) is -3.32. The fraction of sp³-hybridized carbons (Fsp3) is 0.152. The minimum Gasteiger partial charge on any atom is -0.490 e. The first-order valence-electron chi connectivity index (χ1n) is 13.1. The summed E-state index contributed by atoms with van der Waals surface area (Å²) < 4.78 is 56.9. The summed E-state index contributed by atoms with van der Waals surface area (Å²) >= 11 is 6.17. The summed E-state index contributed by atoms with van der Waals surface area (Å²) in [6.45, 7) is 2.78. The zero-order chi connectivity index (χ0) is 30.8. The lowest BCUT2D eigenvalue weighted by molar-refractivity contribution is -0.137. The molecule has 220 valence electrons. The van der Waals surface area contributed by atoms with Crippen LogP contribution in [0.5, 0.6) is 17.2 Å². The first-order valence-corrected chi connectivity index (χ1v) is 13.5. The molecule has 43 heavy (non-hydrogen) atoms. The Hall–Kier alpha value is -4.94. The summed E-state index contributed by atoms with van der Waals surface area (Å²) in [5.41, 5.74) is 0.717. The molecule has 1 amide bonds. The van der Waals surface area contributed by atoms with Crippen LogP contribution in [0.4, 0.5) is 18.9 Å². The van der Waals surface area contributed by atoms with Crippen LogP contribution >= 0.6 is 11.6 Å². The molecule has 0 heterocycles. The molecule has 6 nitrogen and oxygen atoms in total. The van der Waals surface area contributed by atoms with Crippen LogP contribution in [0, 0.1) is 11.3 Å². The van der Waals surface area contributed by atoms with E-state index in [0.29, 0.717) is 41.0 Å². The molecule has 0 aliphatic carbocycles. The van der Waals surface area contributed by atoms with E-state index in [-0.39, 0.29) is 17.9 Å². The van der Waals surface area contributed by atoms with Crippen molar-refractivity contribution < 1.29 is 32.2 Å². The second-order valence-corrected chi connectivity index (χ2v) is 9.60. The van der Waals surface area contributed by atoms with E-state index in [9.17, 15) is 23.2 Å². The van der Waals surface area contributed by atoms with Gasteiger partial charge in [-0.25, -0.2) is 0 Å². The first kappa shape index (κ1) is 31.0. The maximum atomic E-state index is 13.1. The molecule has 0 unspecified atom stereocenters. The molecule has 10 heteroatoms. The van der Waals surface area contributed by atoms with Crippen LogP contribution in [0.2, 0.25) is 5.02 Å². The van der Waals surface area contributed by atoms with E-state index in [4.69, 9.17) is 25.8 Å². The molecule has 0 saturated carbocycles. The summed E-state index contributed by atoms with van der Waals surface area (Å²) in [4.78, 5) is 12.8. The number of halogens is 4. The summed E-state index contributed by atoms with van der Waals surface area (Å²) in [6, 6.07) is 25.8. The van der Waals surface area contributed by atoms with E-state index in [1.807, 2.05) is 43.3 Å². The van der Waals surface area contributed by atoms with Gasteiger partial charge in [-0.1, -0.05) is 54.1 Å². The Morgan fingerprint density at radius 2 is 1.58 bits per heavy atom. The van der Waals surface area contributed by atoms with Crippen LogP contribution in [-0.4, -0.2) is 12.5 Å². The Morgan fingerprint density at radius 1 is 0.860 bits per heavy atom. The molecule has 0 fully saturated rings. The van der Waals surface area contributed by atoms with Gasteiger partial charge in [0.2, 0.25) is 0 Å². The Kier molecular flexibility index (Phi) is 10.3. The van der Waals surface area contributed by atoms with Crippen molar-refractivity contribution in [3.63, 3.8) is 0 Å². The number of hydrogen-bond acceptors (Lipinski definition) is 5. The molecule has 1 N–H and O–H groups in total. The van der Waals surface area contributed by atoms with E-state index >= 15 is 0 Å². The molecule has 0 atom stereocenters. The van der Waals surface area contributed by atoms with Crippen molar-refractivity contribution in [1.82, 2.24) is 0 Å². The number of nitriles is 1. The van der Waals surface area contributed by atoms with Gasteiger partial charge in [0.15, 0.2) is 11.5 Å². The summed E-state index contributed by atoms with van der Waals surface area (Å²) in [5.74, 6) is 0.565. The average molecular weight is 607 g/mol. The van der Waals surface area contributed by atoms with E-state index in [2.05, 4.69) is 5.32 Å². The molecule has 0 bridgehead atoms. The average Bonchev–Trinajstić information content (AvgIpc) is 2.99. The van der Waals surface area contributed by atoms with Crippen molar-refractivity contribution in [2.45, 2.75) is 26.3 Å². The molecule has 0 saturated heterocycles. The van der Waals surface area contributed by atoms with Crippen molar-refractivity contribution in [1.29, 1.82) is 5.26 Å². The Morgan fingerprint density at radius 3 is 2.30 bits per heavy atom. The number of amides is 1. The molecule has 0 aliphatic rings. The fourth-order valence-corrected chi connectivity index (χ4v) is 4.15. The highest BCUT2D eigenvalue weighted by molar-refractivity contribution is 6.30. The number of hydrogen-bond donors (Lipinski definition) is 1. The highest BCUT2D eigenvalue weighted by Gasteiger charge is 2.30. The monoisotopic (exact) mass is 606 g/mol. The quantitative estimate of drug-likeness (QED) is 0.137. The third-order valence-corrected chi connectivity index (χ3v) is 6.26. The fourth-order valence-electron chi connectivity index (χ4n) is 3.97. The number of benzene rings is 4.